The Kier molecular flexibility index (Phi) is 8.61. The molecule has 8 nitrogen and oxygen atoms in total. The lowest BCUT2D eigenvalue weighted by molar-refractivity contribution is -0.114. The average Bonchev–Trinajstić information content (AvgIpc) is 2.76. The summed E-state index contributed by atoms with van der Waals surface area (Å²) in [5, 5.41) is 9.38. The standard InChI is InChI=1S/C23H28ClN5O3/c1-16-14-19(24)6-7-21(16)27-23(25-8-9-29-10-12-32-13-11-29)28-22(31)18-4-3-5-20(15-18)26-17(2)30/h3-7,14-15H,8-13H2,1-2H3,(H,26,30)(H2,25,27,28,31). The molecular weight excluding hydrogens is 430 g/mol. The zero-order chi connectivity index (χ0) is 22.9. The number of ether oxygens (including phenoxy) is 1. The average molecular weight is 458 g/mol. The van der Waals surface area contributed by atoms with Crippen molar-refractivity contribution in [3.8, 4) is 0 Å². The topological polar surface area (TPSA) is 95.1 Å². The lowest BCUT2D eigenvalue weighted by atomic mass is 10.2. The van der Waals surface area contributed by atoms with E-state index in [1.165, 1.54) is 6.92 Å². The van der Waals surface area contributed by atoms with Crippen LogP contribution < -0.4 is 16.0 Å². The van der Waals surface area contributed by atoms with Gasteiger partial charge in [-0.15, -0.1) is 0 Å². The maximum Gasteiger partial charge on any atom is 0.258 e. The summed E-state index contributed by atoms with van der Waals surface area (Å²) in [4.78, 5) is 31.1. The van der Waals surface area contributed by atoms with E-state index < -0.39 is 0 Å². The summed E-state index contributed by atoms with van der Waals surface area (Å²) < 4.78 is 5.38. The molecule has 1 aliphatic rings. The highest BCUT2D eigenvalue weighted by molar-refractivity contribution is 6.30. The van der Waals surface area contributed by atoms with E-state index in [9.17, 15) is 9.59 Å². The Bertz CT molecular complexity index is 989. The SMILES string of the molecule is CC(=O)Nc1cccc(C(=O)NC(=NCCN2CCOCC2)Nc2ccc(Cl)cc2C)c1. The summed E-state index contributed by atoms with van der Waals surface area (Å²) in [5.41, 5.74) is 2.69. The summed E-state index contributed by atoms with van der Waals surface area (Å²) >= 11 is 6.06. The molecule has 0 saturated carbocycles. The van der Waals surface area contributed by atoms with E-state index in [1.807, 2.05) is 19.1 Å². The number of halogens is 1. The molecule has 170 valence electrons. The number of amides is 2. The monoisotopic (exact) mass is 457 g/mol. The predicted octanol–water partition coefficient (Wildman–Crippen LogP) is 3.14. The van der Waals surface area contributed by atoms with Gasteiger partial charge in [0.1, 0.15) is 0 Å². The maximum absolute atomic E-state index is 12.9. The summed E-state index contributed by atoms with van der Waals surface area (Å²) in [7, 11) is 0. The first-order chi connectivity index (χ1) is 15.4. The van der Waals surface area contributed by atoms with Crippen molar-refractivity contribution in [2.45, 2.75) is 13.8 Å². The molecule has 9 heteroatoms. The molecule has 2 aromatic rings. The van der Waals surface area contributed by atoms with Crippen LogP contribution in [0.4, 0.5) is 11.4 Å². The first-order valence-electron chi connectivity index (χ1n) is 10.5. The van der Waals surface area contributed by atoms with E-state index >= 15 is 0 Å². The summed E-state index contributed by atoms with van der Waals surface area (Å²) in [6.07, 6.45) is 0. The van der Waals surface area contributed by atoms with Crippen LogP contribution in [0.25, 0.3) is 0 Å². The largest absolute Gasteiger partial charge is 0.379 e. The van der Waals surface area contributed by atoms with Crippen LogP contribution in [0.15, 0.2) is 47.5 Å². The molecule has 3 N–H and O–H groups in total. The van der Waals surface area contributed by atoms with Crippen molar-refractivity contribution in [2.75, 3.05) is 50.0 Å². The van der Waals surface area contributed by atoms with E-state index in [-0.39, 0.29) is 11.8 Å². The second kappa shape index (κ2) is 11.6. The first-order valence-corrected chi connectivity index (χ1v) is 10.9. The Labute approximate surface area is 193 Å². The van der Waals surface area contributed by atoms with Crippen LogP contribution in [0.1, 0.15) is 22.8 Å². The number of carbonyl (C=O) groups excluding carboxylic acids is 2. The number of morpholine rings is 1. The lowest BCUT2D eigenvalue weighted by Crippen LogP contribution is -2.39. The minimum atomic E-state index is -0.332. The molecule has 2 aromatic carbocycles. The third-order valence-corrected chi connectivity index (χ3v) is 5.14. The number of hydrogen-bond donors (Lipinski definition) is 3. The Hall–Kier alpha value is -2.94. The molecule has 2 amide bonds. The number of hydrogen-bond acceptors (Lipinski definition) is 5. The molecule has 0 aromatic heterocycles. The van der Waals surface area contributed by atoms with Crippen molar-refractivity contribution < 1.29 is 14.3 Å². The maximum atomic E-state index is 12.9. The molecule has 0 bridgehead atoms. The fraction of sp³-hybridized carbons (Fsp3) is 0.348. The Balaban J connectivity index is 1.73. The minimum absolute atomic E-state index is 0.201. The van der Waals surface area contributed by atoms with Gasteiger partial charge in [0.25, 0.3) is 5.91 Å². The summed E-state index contributed by atoms with van der Waals surface area (Å²) in [6, 6.07) is 12.2. The van der Waals surface area contributed by atoms with Crippen molar-refractivity contribution in [1.29, 1.82) is 0 Å². The molecule has 0 atom stereocenters. The van der Waals surface area contributed by atoms with Crippen molar-refractivity contribution in [2.24, 2.45) is 4.99 Å². The number of aliphatic imine (C=N–C) groups is 1. The van der Waals surface area contributed by atoms with Crippen LogP contribution in [-0.2, 0) is 9.53 Å². The van der Waals surface area contributed by atoms with E-state index in [0.717, 1.165) is 44.1 Å². The van der Waals surface area contributed by atoms with Crippen molar-refractivity contribution in [3.63, 3.8) is 0 Å². The number of nitrogens with one attached hydrogen (secondary N) is 3. The quantitative estimate of drug-likeness (QED) is 0.457. The molecule has 3 rings (SSSR count). The molecule has 0 aliphatic carbocycles. The Morgan fingerprint density at radius 1 is 1.12 bits per heavy atom. The van der Waals surface area contributed by atoms with Crippen LogP contribution in [0.5, 0.6) is 0 Å². The molecule has 32 heavy (non-hydrogen) atoms. The highest BCUT2D eigenvalue weighted by atomic mass is 35.5. The van der Waals surface area contributed by atoms with Crippen LogP contribution in [0, 0.1) is 6.92 Å². The summed E-state index contributed by atoms with van der Waals surface area (Å²) in [5.74, 6) is -0.187. The van der Waals surface area contributed by atoms with E-state index in [1.54, 1.807) is 30.3 Å². The molecular formula is C23H28ClN5O3. The fourth-order valence-electron chi connectivity index (χ4n) is 3.25. The van der Waals surface area contributed by atoms with Crippen LogP contribution in [0.3, 0.4) is 0 Å². The first kappa shape index (κ1) is 23.7. The van der Waals surface area contributed by atoms with Crippen molar-refractivity contribution >= 4 is 40.7 Å². The number of aryl methyl sites for hydroxylation is 1. The van der Waals surface area contributed by atoms with Gasteiger partial charge < -0.3 is 15.4 Å². The smallest absolute Gasteiger partial charge is 0.258 e. The molecule has 1 heterocycles. The van der Waals surface area contributed by atoms with Crippen LogP contribution >= 0.6 is 11.6 Å². The third-order valence-electron chi connectivity index (χ3n) is 4.91. The van der Waals surface area contributed by atoms with Gasteiger partial charge in [0.15, 0.2) is 0 Å². The molecule has 0 spiro atoms. The number of benzene rings is 2. The van der Waals surface area contributed by atoms with E-state index in [4.69, 9.17) is 16.3 Å². The molecule has 0 unspecified atom stereocenters. The number of carbonyl (C=O) groups is 2. The molecule has 0 radical (unpaired) electrons. The normalized spacial score (nSPS) is 14.7. The van der Waals surface area contributed by atoms with Crippen molar-refractivity contribution in [1.82, 2.24) is 10.2 Å². The minimum Gasteiger partial charge on any atom is -0.379 e. The second-order valence-corrected chi connectivity index (χ2v) is 7.92. The van der Waals surface area contributed by atoms with Gasteiger partial charge in [0.2, 0.25) is 11.9 Å². The Morgan fingerprint density at radius 2 is 1.91 bits per heavy atom. The van der Waals surface area contributed by atoms with Gasteiger partial charge in [-0.2, -0.15) is 0 Å². The van der Waals surface area contributed by atoms with Gasteiger partial charge in [-0.3, -0.25) is 24.8 Å². The van der Waals surface area contributed by atoms with Crippen LogP contribution in [-0.4, -0.2) is 62.1 Å². The number of guanidine groups is 1. The zero-order valence-electron chi connectivity index (χ0n) is 18.3. The number of rotatable bonds is 6. The molecule has 1 saturated heterocycles. The van der Waals surface area contributed by atoms with Gasteiger partial charge in [-0.1, -0.05) is 17.7 Å². The van der Waals surface area contributed by atoms with E-state index in [2.05, 4.69) is 25.8 Å². The van der Waals surface area contributed by atoms with Gasteiger partial charge in [-0.05, 0) is 48.9 Å². The zero-order valence-corrected chi connectivity index (χ0v) is 19.0. The number of anilines is 2. The van der Waals surface area contributed by atoms with Gasteiger partial charge in [0.05, 0.1) is 19.8 Å². The lowest BCUT2D eigenvalue weighted by Gasteiger charge is -2.25. The van der Waals surface area contributed by atoms with Crippen LogP contribution in [0.2, 0.25) is 5.02 Å². The van der Waals surface area contributed by atoms with Crippen molar-refractivity contribution in [3.05, 3.63) is 58.6 Å². The number of nitrogens with zero attached hydrogens (tertiary/aromatic N) is 2. The fourth-order valence-corrected chi connectivity index (χ4v) is 3.48. The third kappa shape index (κ3) is 7.33. The predicted molar refractivity (Wildman–Crippen MR) is 128 cm³/mol. The molecule has 1 fully saturated rings. The second-order valence-electron chi connectivity index (χ2n) is 7.48. The Morgan fingerprint density at radius 3 is 2.62 bits per heavy atom. The van der Waals surface area contributed by atoms with E-state index in [0.29, 0.717) is 28.8 Å². The molecule has 1 aliphatic heterocycles. The van der Waals surface area contributed by atoms with Gasteiger partial charge in [0, 0.05) is 48.5 Å². The van der Waals surface area contributed by atoms with Gasteiger partial charge >= 0.3 is 0 Å². The highest BCUT2D eigenvalue weighted by Crippen LogP contribution is 2.19. The highest BCUT2D eigenvalue weighted by Gasteiger charge is 2.13. The summed E-state index contributed by atoms with van der Waals surface area (Å²) in [6.45, 7) is 7.82. The van der Waals surface area contributed by atoms with Gasteiger partial charge in [-0.25, -0.2) is 0 Å².